The molecule has 192 valence electrons. The summed E-state index contributed by atoms with van der Waals surface area (Å²) in [5.41, 5.74) is 0.918. The summed E-state index contributed by atoms with van der Waals surface area (Å²) in [4.78, 5) is 23.1. The third-order valence-electron chi connectivity index (χ3n) is 5.21. The first-order chi connectivity index (χ1) is 17.0. The maximum absolute atomic E-state index is 12.0. The number of ketones is 1. The van der Waals surface area contributed by atoms with Crippen LogP contribution < -0.4 is 4.74 Å². The molecule has 0 radical (unpaired) electrons. The van der Waals surface area contributed by atoms with Crippen LogP contribution in [-0.2, 0) is 19.1 Å². The lowest BCUT2D eigenvalue weighted by Crippen LogP contribution is -2.60. The van der Waals surface area contributed by atoms with Crippen LogP contribution in [0.2, 0.25) is 0 Å². The number of aliphatic hydroxyl groups excluding tert-OH is 3. The number of benzene rings is 2. The number of phenolic OH excluding ortho intramolecular Hbond substituents is 3. The molecule has 0 aliphatic carbocycles. The van der Waals surface area contributed by atoms with E-state index in [1.807, 2.05) is 0 Å². The Morgan fingerprint density at radius 2 is 1.50 bits per heavy atom. The highest BCUT2D eigenvalue weighted by atomic mass is 16.7. The van der Waals surface area contributed by atoms with Gasteiger partial charge in [0, 0.05) is 6.08 Å². The lowest BCUT2D eigenvalue weighted by atomic mass is 9.99. The van der Waals surface area contributed by atoms with Crippen LogP contribution in [-0.4, -0.2) is 79.7 Å². The van der Waals surface area contributed by atoms with Gasteiger partial charge in [-0.1, -0.05) is 18.2 Å². The topological polar surface area (TPSA) is 183 Å². The average molecular weight is 502 g/mol. The number of aliphatic hydroxyl groups is 3. The summed E-state index contributed by atoms with van der Waals surface area (Å²) in [6.45, 7) is 0.871. The Morgan fingerprint density at radius 1 is 0.861 bits per heavy atom. The molecule has 36 heavy (non-hydrogen) atoms. The Kier molecular flexibility index (Phi) is 8.67. The summed E-state index contributed by atoms with van der Waals surface area (Å²) in [7, 11) is 0. The van der Waals surface area contributed by atoms with E-state index < -0.39 is 43.3 Å². The molecule has 1 fully saturated rings. The summed E-state index contributed by atoms with van der Waals surface area (Å²) < 4.78 is 16.0. The largest absolute Gasteiger partial charge is 0.504 e. The van der Waals surface area contributed by atoms with Crippen LogP contribution in [0.3, 0.4) is 0 Å². The number of rotatable bonds is 8. The van der Waals surface area contributed by atoms with Crippen molar-refractivity contribution in [3.8, 4) is 23.0 Å². The molecule has 0 aromatic heterocycles. The van der Waals surface area contributed by atoms with Gasteiger partial charge in [-0.15, -0.1) is 0 Å². The fraction of sp³-hybridized carbons (Fsp3) is 0.280. The SMILES string of the molecule is CC(=O)/C=C/c1ccc(O[C@@H]2O[C@H](COC(=O)/C=C/c3ccc(O)c(O)c3)[C@@H](O)[C@H](O)[C@H]2O)c(O)c1. The summed E-state index contributed by atoms with van der Waals surface area (Å²) in [6, 6.07) is 8.14. The second kappa shape index (κ2) is 11.7. The monoisotopic (exact) mass is 502 g/mol. The summed E-state index contributed by atoms with van der Waals surface area (Å²) in [6.07, 6.45) is -2.64. The Labute approximate surface area is 205 Å². The fourth-order valence-electron chi connectivity index (χ4n) is 3.25. The zero-order valence-corrected chi connectivity index (χ0v) is 19.1. The second-order valence-corrected chi connectivity index (χ2v) is 8.02. The minimum absolute atomic E-state index is 0.0987. The normalized spacial score (nSPS) is 24.2. The molecule has 3 rings (SSSR count). The van der Waals surface area contributed by atoms with E-state index in [-0.39, 0.29) is 28.8 Å². The average Bonchev–Trinajstić information content (AvgIpc) is 2.84. The van der Waals surface area contributed by atoms with Crippen LogP contribution in [0.1, 0.15) is 18.1 Å². The smallest absolute Gasteiger partial charge is 0.330 e. The van der Waals surface area contributed by atoms with E-state index in [0.717, 1.165) is 6.08 Å². The number of hydrogen-bond donors (Lipinski definition) is 6. The number of hydrogen-bond acceptors (Lipinski definition) is 11. The molecule has 1 heterocycles. The molecule has 2 aromatic rings. The third kappa shape index (κ3) is 6.83. The molecule has 0 bridgehead atoms. The quantitative estimate of drug-likeness (QED) is 0.171. The van der Waals surface area contributed by atoms with Gasteiger partial charge in [-0.05, 0) is 54.5 Å². The molecule has 0 spiro atoms. The minimum Gasteiger partial charge on any atom is -0.504 e. The standard InChI is InChI=1S/C25H26O11/c1-13(26)2-3-14-5-8-19(18(29)11-14)35-25-24(33)23(32)22(31)20(36-25)12-34-21(30)9-6-15-4-7-16(27)17(28)10-15/h2-11,20,22-25,27-29,31-33H,12H2,1H3/b3-2+,9-6+/t20-,22-,23+,24-,25-/m1/s1. The molecule has 11 heteroatoms. The summed E-state index contributed by atoms with van der Waals surface area (Å²) >= 11 is 0. The van der Waals surface area contributed by atoms with Crippen LogP contribution in [0.5, 0.6) is 23.0 Å². The van der Waals surface area contributed by atoms with Crippen molar-refractivity contribution in [1.82, 2.24) is 0 Å². The van der Waals surface area contributed by atoms with E-state index in [1.54, 1.807) is 0 Å². The van der Waals surface area contributed by atoms with Crippen LogP contribution in [0.15, 0.2) is 48.6 Å². The number of carbonyl (C=O) groups is 2. The zero-order chi connectivity index (χ0) is 26.4. The predicted octanol–water partition coefficient (Wildman–Crippen LogP) is 0.849. The van der Waals surface area contributed by atoms with Crippen molar-refractivity contribution < 1.29 is 54.4 Å². The molecule has 1 aliphatic rings. The zero-order valence-electron chi connectivity index (χ0n) is 19.1. The molecular weight excluding hydrogens is 476 g/mol. The van der Waals surface area contributed by atoms with Crippen molar-refractivity contribution >= 4 is 23.9 Å². The van der Waals surface area contributed by atoms with Gasteiger partial charge in [-0.2, -0.15) is 0 Å². The number of ether oxygens (including phenoxy) is 3. The summed E-state index contributed by atoms with van der Waals surface area (Å²) in [5.74, 6) is -2.11. The predicted molar refractivity (Wildman–Crippen MR) is 125 cm³/mol. The summed E-state index contributed by atoms with van der Waals surface area (Å²) in [5, 5.41) is 59.7. The Balaban J connectivity index is 1.62. The molecule has 0 saturated carbocycles. The molecule has 6 N–H and O–H groups in total. The van der Waals surface area contributed by atoms with E-state index in [1.165, 1.54) is 61.5 Å². The first kappa shape index (κ1) is 26.7. The van der Waals surface area contributed by atoms with Gasteiger partial charge in [-0.3, -0.25) is 4.79 Å². The Hall–Kier alpha value is -3.90. The Morgan fingerprint density at radius 3 is 2.14 bits per heavy atom. The lowest BCUT2D eigenvalue weighted by molar-refractivity contribution is -0.278. The molecule has 11 nitrogen and oxygen atoms in total. The maximum Gasteiger partial charge on any atom is 0.330 e. The number of carbonyl (C=O) groups excluding carboxylic acids is 2. The van der Waals surface area contributed by atoms with Crippen LogP contribution in [0, 0.1) is 0 Å². The molecule has 5 atom stereocenters. The van der Waals surface area contributed by atoms with E-state index in [9.17, 15) is 40.2 Å². The highest BCUT2D eigenvalue weighted by Gasteiger charge is 2.45. The highest BCUT2D eigenvalue weighted by molar-refractivity contribution is 5.91. The van der Waals surface area contributed by atoms with E-state index >= 15 is 0 Å². The molecule has 1 aliphatic heterocycles. The number of allylic oxidation sites excluding steroid dienone is 1. The van der Waals surface area contributed by atoms with Crippen LogP contribution in [0.25, 0.3) is 12.2 Å². The van der Waals surface area contributed by atoms with Gasteiger partial charge in [0.15, 0.2) is 28.8 Å². The van der Waals surface area contributed by atoms with Crippen molar-refractivity contribution in [3.05, 3.63) is 59.7 Å². The van der Waals surface area contributed by atoms with Gasteiger partial charge < -0.3 is 44.8 Å². The second-order valence-electron chi connectivity index (χ2n) is 8.02. The van der Waals surface area contributed by atoms with Gasteiger partial charge in [0.25, 0.3) is 0 Å². The van der Waals surface area contributed by atoms with Crippen molar-refractivity contribution in [2.45, 2.75) is 37.6 Å². The molecule has 0 unspecified atom stereocenters. The van der Waals surface area contributed by atoms with Gasteiger partial charge in [0.2, 0.25) is 6.29 Å². The number of esters is 1. The van der Waals surface area contributed by atoms with Gasteiger partial charge in [0.1, 0.15) is 31.0 Å². The van der Waals surface area contributed by atoms with E-state index in [2.05, 4.69) is 0 Å². The van der Waals surface area contributed by atoms with Crippen molar-refractivity contribution in [1.29, 1.82) is 0 Å². The maximum atomic E-state index is 12.0. The Bertz CT molecular complexity index is 1160. The van der Waals surface area contributed by atoms with Crippen molar-refractivity contribution in [3.63, 3.8) is 0 Å². The third-order valence-corrected chi connectivity index (χ3v) is 5.21. The van der Waals surface area contributed by atoms with Crippen molar-refractivity contribution in [2.24, 2.45) is 0 Å². The molecule has 2 aromatic carbocycles. The van der Waals surface area contributed by atoms with Crippen LogP contribution >= 0.6 is 0 Å². The van der Waals surface area contributed by atoms with E-state index in [4.69, 9.17) is 14.2 Å². The molecular formula is C25H26O11. The van der Waals surface area contributed by atoms with E-state index in [0.29, 0.717) is 11.1 Å². The first-order valence-corrected chi connectivity index (χ1v) is 10.8. The van der Waals surface area contributed by atoms with Crippen molar-refractivity contribution in [2.75, 3.05) is 6.61 Å². The van der Waals surface area contributed by atoms with Crippen LogP contribution in [0.4, 0.5) is 0 Å². The number of phenols is 3. The molecule has 0 amide bonds. The van der Waals surface area contributed by atoms with Gasteiger partial charge in [-0.25, -0.2) is 4.79 Å². The minimum atomic E-state index is -1.71. The molecule has 1 saturated heterocycles. The first-order valence-electron chi connectivity index (χ1n) is 10.8. The van der Waals surface area contributed by atoms with Gasteiger partial charge >= 0.3 is 5.97 Å². The lowest BCUT2D eigenvalue weighted by Gasteiger charge is -2.39. The van der Waals surface area contributed by atoms with Gasteiger partial charge in [0.05, 0.1) is 0 Å². The fourth-order valence-corrected chi connectivity index (χ4v) is 3.25. The highest BCUT2D eigenvalue weighted by Crippen LogP contribution is 2.31. The number of aromatic hydroxyl groups is 3.